The fourth-order valence-corrected chi connectivity index (χ4v) is 1.26. The van der Waals surface area contributed by atoms with E-state index in [-0.39, 0.29) is 0 Å². The fraction of sp³-hybridized carbons (Fsp3) is 0.400. The van der Waals surface area contributed by atoms with Gasteiger partial charge in [0.2, 0.25) is 0 Å². The van der Waals surface area contributed by atoms with E-state index in [2.05, 4.69) is 5.32 Å². The SMILES string of the molecule is [2H]c1ccc([C@]2([2H])CNCCO2)cc1. The largest absolute Gasteiger partial charge is 0.371 e. The molecule has 0 aliphatic carbocycles. The standard InChI is InChI=1S/C10H13NO/c1-2-4-9(5-3-1)10-8-11-6-7-12-10/h1-5,10-11H,6-8H2/t10-/m0/s1/i1D,10D. The van der Waals surface area contributed by atoms with Crippen LogP contribution in [0.25, 0.3) is 0 Å². The molecular formula is C10H13NO. The molecule has 2 heteroatoms. The van der Waals surface area contributed by atoms with Gasteiger partial charge in [0.05, 0.1) is 15.4 Å². The van der Waals surface area contributed by atoms with Crippen molar-refractivity contribution in [3.8, 4) is 0 Å². The van der Waals surface area contributed by atoms with E-state index in [0.29, 0.717) is 19.2 Å². The molecule has 0 unspecified atom stereocenters. The predicted molar refractivity (Wildman–Crippen MR) is 48.0 cm³/mol. The molecule has 0 saturated carbocycles. The first-order valence-electron chi connectivity index (χ1n) is 5.12. The van der Waals surface area contributed by atoms with E-state index < -0.39 is 6.08 Å². The van der Waals surface area contributed by atoms with Crippen LogP contribution in [0.1, 0.15) is 14.4 Å². The van der Waals surface area contributed by atoms with Crippen LogP contribution in [0, 0.1) is 0 Å². The Bertz CT molecular complexity index is 306. The topological polar surface area (TPSA) is 21.3 Å². The highest BCUT2D eigenvalue weighted by Gasteiger charge is 2.14. The van der Waals surface area contributed by atoms with Crippen molar-refractivity contribution in [2.24, 2.45) is 0 Å². The van der Waals surface area contributed by atoms with Crippen LogP contribution in [0.5, 0.6) is 0 Å². The molecule has 1 heterocycles. The van der Waals surface area contributed by atoms with Crippen molar-refractivity contribution in [2.45, 2.75) is 6.08 Å². The van der Waals surface area contributed by atoms with Crippen LogP contribution >= 0.6 is 0 Å². The highest BCUT2D eigenvalue weighted by atomic mass is 16.5. The lowest BCUT2D eigenvalue weighted by molar-refractivity contribution is 0.0277. The van der Waals surface area contributed by atoms with E-state index in [1.54, 1.807) is 24.3 Å². The van der Waals surface area contributed by atoms with Crippen LogP contribution in [0.4, 0.5) is 0 Å². The second-order valence-electron chi connectivity index (χ2n) is 2.74. The minimum atomic E-state index is -0.980. The van der Waals surface area contributed by atoms with Gasteiger partial charge in [-0.25, -0.2) is 0 Å². The number of benzene rings is 1. The maximum atomic E-state index is 8.09. The van der Waals surface area contributed by atoms with Crippen molar-refractivity contribution in [3.05, 3.63) is 35.9 Å². The van der Waals surface area contributed by atoms with Gasteiger partial charge >= 0.3 is 0 Å². The van der Waals surface area contributed by atoms with Crippen molar-refractivity contribution < 1.29 is 7.48 Å². The highest BCUT2D eigenvalue weighted by molar-refractivity contribution is 5.18. The minimum absolute atomic E-state index is 0.459. The van der Waals surface area contributed by atoms with Gasteiger partial charge in [-0.2, -0.15) is 0 Å². The van der Waals surface area contributed by atoms with Gasteiger partial charge in [0, 0.05) is 13.1 Å². The Morgan fingerprint density at radius 3 is 3.08 bits per heavy atom. The lowest BCUT2D eigenvalue weighted by Gasteiger charge is -2.23. The second-order valence-corrected chi connectivity index (χ2v) is 2.74. The molecule has 1 aliphatic rings. The summed E-state index contributed by atoms with van der Waals surface area (Å²) in [6, 6.07) is 7.39. The number of hydrogen-bond acceptors (Lipinski definition) is 2. The fourth-order valence-electron chi connectivity index (χ4n) is 1.26. The van der Waals surface area contributed by atoms with Crippen molar-refractivity contribution in [2.75, 3.05) is 19.7 Å². The van der Waals surface area contributed by atoms with Crippen molar-refractivity contribution >= 4 is 0 Å². The molecule has 64 valence electrons. The summed E-state index contributed by atoms with van der Waals surface area (Å²) in [7, 11) is 0. The Morgan fingerprint density at radius 1 is 1.58 bits per heavy atom. The Morgan fingerprint density at radius 2 is 2.42 bits per heavy atom. The molecule has 1 atom stereocenters. The molecular weight excluding hydrogens is 150 g/mol. The normalized spacial score (nSPS) is 32.3. The first kappa shape index (κ1) is 5.73. The van der Waals surface area contributed by atoms with Gasteiger partial charge in [-0.1, -0.05) is 30.3 Å². The molecule has 1 aliphatic heterocycles. The summed E-state index contributed by atoms with van der Waals surface area (Å²) in [5, 5.41) is 3.13. The van der Waals surface area contributed by atoms with E-state index >= 15 is 0 Å². The van der Waals surface area contributed by atoms with Gasteiger partial charge in [-0.05, 0) is 5.56 Å². The summed E-state index contributed by atoms with van der Waals surface area (Å²) in [6.07, 6.45) is -0.980. The number of nitrogens with one attached hydrogen (secondary N) is 1. The maximum absolute atomic E-state index is 8.09. The molecule has 0 bridgehead atoms. The Kier molecular flexibility index (Phi) is 1.76. The summed E-state index contributed by atoms with van der Waals surface area (Å²) in [4.78, 5) is 0. The monoisotopic (exact) mass is 165 g/mol. The van der Waals surface area contributed by atoms with Gasteiger partial charge in [0.25, 0.3) is 0 Å². The zero-order valence-corrected chi connectivity index (χ0v) is 6.84. The number of hydrogen-bond donors (Lipinski definition) is 1. The van der Waals surface area contributed by atoms with Gasteiger partial charge in [-0.15, -0.1) is 0 Å². The highest BCUT2D eigenvalue weighted by Crippen LogP contribution is 2.17. The molecule has 0 amide bonds. The molecule has 1 N–H and O–H groups in total. The van der Waals surface area contributed by atoms with Crippen molar-refractivity contribution in [1.29, 1.82) is 0 Å². The summed E-state index contributed by atoms with van der Waals surface area (Å²) < 4.78 is 20.9. The van der Waals surface area contributed by atoms with Crippen LogP contribution in [-0.2, 0) is 4.74 Å². The average Bonchev–Trinajstić information content (AvgIpc) is 2.19. The molecule has 2 nitrogen and oxygen atoms in total. The number of rotatable bonds is 1. The zero-order valence-electron chi connectivity index (χ0n) is 8.84. The zero-order chi connectivity index (χ0) is 10.0. The van der Waals surface area contributed by atoms with Crippen molar-refractivity contribution in [1.82, 2.24) is 5.32 Å². The average molecular weight is 165 g/mol. The summed E-state index contributed by atoms with van der Waals surface area (Å²) in [5.41, 5.74) is 0.806. The van der Waals surface area contributed by atoms with E-state index in [4.69, 9.17) is 7.48 Å². The van der Waals surface area contributed by atoms with E-state index in [1.807, 2.05) is 0 Å². The van der Waals surface area contributed by atoms with Crippen molar-refractivity contribution in [3.63, 3.8) is 0 Å². The van der Waals surface area contributed by atoms with E-state index in [0.717, 1.165) is 12.1 Å². The quantitative estimate of drug-likeness (QED) is 0.678. The molecule has 0 spiro atoms. The molecule has 1 saturated heterocycles. The number of ether oxygens (including phenoxy) is 1. The molecule has 1 aromatic carbocycles. The van der Waals surface area contributed by atoms with Gasteiger partial charge in [0.1, 0.15) is 0 Å². The Labute approximate surface area is 75.4 Å². The third-order valence-electron chi connectivity index (χ3n) is 1.88. The summed E-state index contributed by atoms with van der Waals surface area (Å²) >= 11 is 0. The van der Waals surface area contributed by atoms with Crippen LogP contribution in [-0.4, -0.2) is 19.7 Å². The maximum Gasteiger partial charge on any atom is 0.0949 e. The predicted octanol–water partition coefficient (Wildman–Crippen LogP) is 1.35. The first-order valence-corrected chi connectivity index (χ1v) is 4.12. The molecule has 0 aromatic heterocycles. The first-order chi connectivity index (χ1) is 6.71. The van der Waals surface area contributed by atoms with Crippen LogP contribution in [0.2, 0.25) is 0 Å². The Hall–Kier alpha value is -0.860. The summed E-state index contributed by atoms with van der Waals surface area (Å²) in [5.74, 6) is 0. The third kappa shape index (κ3) is 1.65. The van der Waals surface area contributed by atoms with Gasteiger partial charge in [-0.3, -0.25) is 0 Å². The second kappa shape index (κ2) is 3.70. The smallest absolute Gasteiger partial charge is 0.0949 e. The lowest BCUT2D eigenvalue weighted by Crippen LogP contribution is -2.33. The van der Waals surface area contributed by atoms with Crippen LogP contribution in [0.3, 0.4) is 0 Å². The van der Waals surface area contributed by atoms with E-state index in [1.165, 1.54) is 0 Å². The summed E-state index contributed by atoms with van der Waals surface area (Å²) in [6.45, 7) is 1.87. The molecule has 12 heavy (non-hydrogen) atoms. The number of morpholine rings is 1. The van der Waals surface area contributed by atoms with Crippen LogP contribution < -0.4 is 5.32 Å². The third-order valence-corrected chi connectivity index (χ3v) is 1.88. The molecule has 2 rings (SSSR count). The van der Waals surface area contributed by atoms with Crippen LogP contribution in [0.15, 0.2) is 30.3 Å². The van der Waals surface area contributed by atoms with E-state index in [9.17, 15) is 0 Å². The van der Waals surface area contributed by atoms with Gasteiger partial charge in [0.15, 0.2) is 0 Å². The van der Waals surface area contributed by atoms with Gasteiger partial charge < -0.3 is 10.1 Å². The molecule has 0 radical (unpaired) electrons. The molecule has 1 fully saturated rings. The Balaban J connectivity index is 2.23. The molecule has 1 aromatic rings. The lowest BCUT2D eigenvalue weighted by atomic mass is 10.1. The minimum Gasteiger partial charge on any atom is -0.371 e.